The predicted molar refractivity (Wildman–Crippen MR) is 119 cm³/mol. The first-order valence-corrected chi connectivity index (χ1v) is 10.9. The lowest BCUT2D eigenvalue weighted by molar-refractivity contribution is -0.125. The number of benzene rings is 1. The van der Waals surface area contributed by atoms with E-state index in [0.717, 1.165) is 25.7 Å². The Balaban J connectivity index is 0.00000218. The van der Waals surface area contributed by atoms with Crippen molar-refractivity contribution in [3.8, 4) is 5.75 Å². The molecule has 4 nitrogen and oxygen atoms in total. The van der Waals surface area contributed by atoms with E-state index in [1.165, 1.54) is 20.0 Å². The second-order valence-electron chi connectivity index (χ2n) is 7.70. The molecule has 0 heterocycles. The van der Waals surface area contributed by atoms with Gasteiger partial charge in [-0.3, -0.25) is 4.79 Å². The summed E-state index contributed by atoms with van der Waals surface area (Å²) in [6.07, 6.45) is 3.09. The zero-order chi connectivity index (χ0) is 23.0. The number of phenolic OH excluding ortho intramolecular Hbond substituents is 1. The van der Waals surface area contributed by atoms with Crippen LogP contribution in [0.15, 0.2) is 18.2 Å². The molecule has 1 fully saturated rings. The Hall–Kier alpha value is -1.37. The molecule has 2 rings (SSSR count). The number of phenols is 1. The van der Waals surface area contributed by atoms with E-state index in [0.29, 0.717) is 12.0 Å². The molecule has 3 unspecified atom stereocenters. The molecular formula is C22H32Cl2F2N2O2. The van der Waals surface area contributed by atoms with E-state index >= 15 is 0 Å². The maximum absolute atomic E-state index is 14.9. The van der Waals surface area contributed by atoms with E-state index in [9.17, 15) is 18.7 Å². The van der Waals surface area contributed by atoms with Crippen molar-refractivity contribution in [1.82, 2.24) is 5.32 Å². The SMILES string of the molecule is C=C(C)C(CCC(C)F)C(NC(=O)C1CCCC1)c1cc(Cl)c(Cl)c(O)c1F.CN. The highest BCUT2D eigenvalue weighted by Gasteiger charge is 2.33. The Kier molecular flexibility index (Phi) is 11.1. The van der Waals surface area contributed by atoms with Gasteiger partial charge in [0.25, 0.3) is 0 Å². The number of nitrogens with two attached hydrogens (primary N) is 1. The van der Waals surface area contributed by atoms with Gasteiger partial charge in [0.05, 0.1) is 17.2 Å². The number of aromatic hydroxyl groups is 1. The third kappa shape index (κ3) is 6.82. The van der Waals surface area contributed by atoms with Gasteiger partial charge in [-0.1, -0.05) is 48.2 Å². The molecule has 0 aliphatic heterocycles. The third-order valence-electron chi connectivity index (χ3n) is 5.43. The van der Waals surface area contributed by atoms with E-state index in [4.69, 9.17) is 23.2 Å². The lowest BCUT2D eigenvalue weighted by Crippen LogP contribution is -2.38. The minimum Gasteiger partial charge on any atom is -0.504 e. The van der Waals surface area contributed by atoms with Crippen LogP contribution in [-0.2, 0) is 4.79 Å². The number of nitrogens with one attached hydrogen (secondary N) is 1. The average Bonchev–Trinajstić information content (AvgIpc) is 3.24. The quantitative estimate of drug-likeness (QED) is 0.321. The van der Waals surface area contributed by atoms with E-state index < -0.39 is 29.7 Å². The molecule has 8 heteroatoms. The fourth-order valence-corrected chi connectivity index (χ4v) is 4.14. The summed E-state index contributed by atoms with van der Waals surface area (Å²) in [7, 11) is 1.50. The fourth-order valence-electron chi connectivity index (χ4n) is 3.80. The lowest BCUT2D eigenvalue weighted by Gasteiger charge is -2.31. The predicted octanol–water partition coefficient (Wildman–Crippen LogP) is 6.09. The molecule has 1 aromatic carbocycles. The van der Waals surface area contributed by atoms with Gasteiger partial charge in [0.1, 0.15) is 5.02 Å². The maximum atomic E-state index is 14.9. The van der Waals surface area contributed by atoms with Gasteiger partial charge in [-0.25, -0.2) is 8.78 Å². The van der Waals surface area contributed by atoms with Crippen molar-refractivity contribution >= 4 is 29.1 Å². The molecule has 0 aromatic heterocycles. The summed E-state index contributed by atoms with van der Waals surface area (Å²) < 4.78 is 28.4. The molecular weight excluding hydrogens is 433 g/mol. The fraction of sp³-hybridized carbons (Fsp3) is 0.591. The summed E-state index contributed by atoms with van der Waals surface area (Å²) in [5.74, 6) is -2.43. The van der Waals surface area contributed by atoms with Crippen LogP contribution in [0.5, 0.6) is 5.75 Å². The van der Waals surface area contributed by atoms with Crippen molar-refractivity contribution < 1.29 is 18.7 Å². The van der Waals surface area contributed by atoms with Crippen LogP contribution in [0.4, 0.5) is 8.78 Å². The molecule has 170 valence electrons. The van der Waals surface area contributed by atoms with Crippen LogP contribution in [0.2, 0.25) is 10.0 Å². The molecule has 1 aliphatic rings. The molecule has 30 heavy (non-hydrogen) atoms. The van der Waals surface area contributed by atoms with Gasteiger partial charge in [-0.2, -0.15) is 0 Å². The van der Waals surface area contributed by atoms with Gasteiger partial charge in [0.2, 0.25) is 5.91 Å². The van der Waals surface area contributed by atoms with Crippen LogP contribution >= 0.6 is 23.2 Å². The Morgan fingerprint density at radius 1 is 1.33 bits per heavy atom. The van der Waals surface area contributed by atoms with Gasteiger partial charge in [-0.15, -0.1) is 0 Å². The number of carbonyl (C=O) groups excluding carboxylic acids is 1. The van der Waals surface area contributed by atoms with Gasteiger partial charge in [0.15, 0.2) is 11.6 Å². The highest BCUT2D eigenvalue weighted by Crippen LogP contribution is 2.41. The van der Waals surface area contributed by atoms with Crippen LogP contribution in [0.1, 0.15) is 64.0 Å². The molecule has 1 saturated carbocycles. The highest BCUT2D eigenvalue weighted by atomic mass is 35.5. The standard InChI is InChI=1S/C21H27Cl2F2NO2.CH5N/c1-11(2)14(9-8-12(3)24)19(26-21(28)13-6-4-5-7-13)15-10-16(22)17(23)20(27)18(15)25;1-2/h10,12-14,19,27H,1,4-9H2,2-3H3,(H,26,28);2H2,1H3. The van der Waals surface area contributed by atoms with E-state index in [2.05, 4.69) is 17.6 Å². The summed E-state index contributed by atoms with van der Waals surface area (Å²) in [5.41, 5.74) is 5.21. The van der Waals surface area contributed by atoms with E-state index in [-0.39, 0.29) is 33.9 Å². The molecule has 0 saturated heterocycles. The largest absolute Gasteiger partial charge is 0.504 e. The van der Waals surface area contributed by atoms with Crippen molar-refractivity contribution in [3.63, 3.8) is 0 Å². The van der Waals surface area contributed by atoms with Gasteiger partial charge >= 0.3 is 0 Å². The highest BCUT2D eigenvalue weighted by molar-refractivity contribution is 6.43. The number of carbonyl (C=O) groups is 1. The molecule has 0 spiro atoms. The normalized spacial score (nSPS) is 16.9. The number of amides is 1. The number of hydrogen-bond donors (Lipinski definition) is 3. The third-order valence-corrected chi connectivity index (χ3v) is 6.21. The first-order chi connectivity index (χ1) is 14.1. The number of alkyl halides is 1. The van der Waals surface area contributed by atoms with Crippen molar-refractivity contribution in [3.05, 3.63) is 39.6 Å². The summed E-state index contributed by atoms with van der Waals surface area (Å²) in [4.78, 5) is 12.8. The van der Waals surface area contributed by atoms with Gasteiger partial charge in [0, 0.05) is 17.4 Å². The van der Waals surface area contributed by atoms with Gasteiger partial charge in [-0.05, 0) is 52.6 Å². The number of hydrogen-bond acceptors (Lipinski definition) is 3. The van der Waals surface area contributed by atoms with Gasteiger partial charge < -0.3 is 16.2 Å². The van der Waals surface area contributed by atoms with Crippen molar-refractivity contribution in [2.24, 2.45) is 17.6 Å². The Bertz CT molecular complexity index is 738. The molecule has 3 atom stereocenters. The van der Waals surface area contributed by atoms with Crippen LogP contribution < -0.4 is 11.1 Å². The molecule has 4 N–H and O–H groups in total. The van der Waals surface area contributed by atoms with Crippen molar-refractivity contribution in [2.45, 2.75) is 64.6 Å². The summed E-state index contributed by atoms with van der Waals surface area (Å²) in [6, 6.07) is 0.484. The average molecular weight is 465 g/mol. The van der Waals surface area contributed by atoms with Crippen LogP contribution in [0.3, 0.4) is 0 Å². The first-order valence-electron chi connectivity index (χ1n) is 10.2. The molecule has 1 amide bonds. The second-order valence-corrected chi connectivity index (χ2v) is 8.49. The second kappa shape index (κ2) is 12.5. The molecule has 0 radical (unpaired) electrons. The van der Waals surface area contributed by atoms with E-state index in [1.807, 2.05) is 0 Å². The smallest absolute Gasteiger partial charge is 0.223 e. The minimum atomic E-state index is -1.04. The Morgan fingerprint density at radius 2 is 1.90 bits per heavy atom. The van der Waals surface area contributed by atoms with Crippen molar-refractivity contribution in [2.75, 3.05) is 7.05 Å². The minimum absolute atomic E-state index is 0.0185. The van der Waals surface area contributed by atoms with Crippen molar-refractivity contribution in [1.29, 1.82) is 0 Å². The lowest BCUT2D eigenvalue weighted by atomic mass is 9.83. The summed E-state index contributed by atoms with van der Waals surface area (Å²) in [6.45, 7) is 7.17. The monoisotopic (exact) mass is 464 g/mol. The number of halogens is 4. The summed E-state index contributed by atoms with van der Waals surface area (Å²) in [5, 5.41) is 12.6. The Morgan fingerprint density at radius 3 is 2.40 bits per heavy atom. The molecule has 0 bridgehead atoms. The first kappa shape index (κ1) is 26.7. The van der Waals surface area contributed by atoms with Crippen LogP contribution in [0, 0.1) is 17.7 Å². The maximum Gasteiger partial charge on any atom is 0.223 e. The van der Waals surface area contributed by atoms with Crippen LogP contribution in [-0.4, -0.2) is 24.2 Å². The Labute approximate surface area is 187 Å². The number of rotatable bonds is 8. The topological polar surface area (TPSA) is 75.3 Å². The van der Waals surface area contributed by atoms with E-state index in [1.54, 1.807) is 6.92 Å². The van der Waals surface area contributed by atoms with Crippen LogP contribution in [0.25, 0.3) is 0 Å². The zero-order valence-electron chi connectivity index (χ0n) is 17.8. The zero-order valence-corrected chi connectivity index (χ0v) is 19.3. The molecule has 1 aliphatic carbocycles. The summed E-state index contributed by atoms with van der Waals surface area (Å²) >= 11 is 11.9. The molecule has 1 aromatic rings.